The van der Waals surface area contributed by atoms with E-state index in [0.29, 0.717) is 23.2 Å². The predicted molar refractivity (Wildman–Crippen MR) is 78.7 cm³/mol. The van der Waals surface area contributed by atoms with E-state index in [-0.39, 0.29) is 18.2 Å². The molecule has 2 heterocycles. The third kappa shape index (κ3) is 2.62. The third-order valence-electron chi connectivity index (χ3n) is 3.32. The SMILES string of the molecule is COc1ccc(NC(=O)C2CC(=O)Nc3nc(C)nn32)cc1. The number of carbonyl (C=O) groups excluding carboxylic acids is 2. The summed E-state index contributed by atoms with van der Waals surface area (Å²) in [5.41, 5.74) is 0.621. The number of fused-ring (bicyclic) bond motifs is 1. The van der Waals surface area contributed by atoms with E-state index in [2.05, 4.69) is 20.7 Å². The van der Waals surface area contributed by atoms with Crippen molar-refractivity contribution in [2.24, 2.45) is 0 Å². The molecule has 8 nitrogen and oxygen atoms in total. The number of hydrogen-bond donors (Lipinski definition) is 2. The molecule has 0 saturated carbocycles. The summed E-state index contributed by atoms with van der Waals surface area (Å²) in [5.74, 6) is 0.924. The first-order chi connectivity index (χ1) is 10.6. The molecule has 2 N–H and O–H groups in total. The minimum atomic E-state index is -0.716. The standard InChI is InChI=1S/C14H15N5O3/c1-8-15-14-17-12(20)7-11(19(14)18-8)13(21)16-9-3-5-10(22-2)6-4-9/h3-6,11H,7H2,1-2H3,(H,16,21)(H,15,17,18,20). The molecular formula is C14H15N5O3. The fourth-order valence-electron chi connectivity index (χ4n) is 2.27. The molecule has 0 bridgehead atoms. The van der Waals surface area contributed by atoms with Crippen LogP contribution in [0.3, 0.4) is 0 Å². The zero-order chi connectivity index (χ0) is 15.7. The third-order valence-corrected chi connectivity index (χ3v) is 3.32. The molecule has 3 rings (SSSR count). The largest absolute Gasteiger partial charge is 0.497 e. The Balaban J connectivity index is 1.80. The molecule has 0 saturated heterocycles. The van der Waals surface area contributed by atoms with Gasteiger partial charge in [-0.05, 0) is 31.2 Å². The summed E-state index contributed by atoms with van der Waals surface area (Å²) < 4.78 is 6.51. The molecule has 1 aromatic carbocycles. The van der Waals surface area contributed by atoms with Gasteiger partial charge in [0.05, 0.1) is 13.5 Å². The molecule has 1 atom stereocenters. The van der Waals surface area contributed by atoms with Gasteiger partial charge in [-0.3, -0.25) is 14.9 Å². The minimum Gasteiger partial charge on any atom is -0.497 e. The molecule has 2 aromatic rings. The van der Waals surface area contributed by atoms with Crippen molar-refractivity contribution in [2.45, 2.75) is 19.4 Å². The quantitative estimate of drug-likeness (QED) is 0.885. The molecule has 2 amide bonds. The van der Waals surface area contributed by atoms with Crippen LogP contribution in [0.4, 0.5) is 11.6 Å². The van der Waals surface area contributed by atoms with Crippen LogP contribution in [0, 0.1) is 6.92 Å². The molecule has 0 aliphatic carbocycles. The van der Waals surface area contributed by atoms with Crippen molar-refractivity contribution in [3.8, 4) is 5.75 Å². The Morgan fingerprint density at radius 2 is 2.14 bits per heavy atom. The monoisotopic (exact) mass is 301 g/mol. The van der Waals surface area contributed by atoms with Gasteiger partial charge >= 0.3 is 0 Å². The number of nitrogens with one attached hydrogen (secondary N) is 2. The molecule has 0 fully saturated rings. The molecule has 1 aliphatic rings. The van der Waals surface area contributed by atoms with Crippen LogP contribution >= 0.6 is 0 Å². The van der Waals surface area contributed by atoms with Gasteiger partial charge in [0.1, 0.15) is 17.6 Å². The van der Waals surface area contributed by atoms with E-state index in [1.54, 1.807) is 38.3 Å². The van der Waals surface area contributed by atoms with Crippen molar-refractivity contribution in [3.05, 3.63) is 30.1 Å². The molecule has 114 valence electrons. The van der Waals surface area contributed by atoms with Gasteiger partial charge in [0.2, 0.25) is 17.8 Å². The summed E-state index contributed by atoms with van der Waals surface area (Å²) in [6.45, 7) is 1.70. The Bertz CT molecular complexity index is 723. The number of amides is 2. The van der Waals surface area contributed by atoms with E-state index in [0.717, 1.165) is 0 Å². The number of benzene rings is 1. The number of hydrogen-bond acceptors (Lipinski definition) is 5. The van der Waals surface area contributed by atoms with Crippen molar-refractivity contribution >= 4 is 23.5 Å². The van der Waals surface area contributed by atoms with Crippen molar-refractivity contribution in [1.29, 1.82) is 0 Å². The Morgan fingerprint density at radius 1 is 1.41 bits per heavy atom. The lowest BCUT2D eigenvalue weighted by Gasteiger charge is -2.22. The molecule has 22 heavy (non-hydrogen) atoms. The first-order valence-electron chi connectivity index (χ1n) is 6.75. The van der Waals surface area contributed by atoms with Crippen molar-refractivity contribution in [3.63, 3.8) is 0 Å². The fraction of sp³-hybridized carbons (Fsp3) is 0.286. The molecule has 8 heteroatoms. The van der Waals surface area contributed by atoms with Gasteiger partial charge in [0.25, 0.3) is 0 Å². The van der Waals surface area contributed by atoms with Crippen LogP contribution in [0.1, 0.15) is 18.3 Å². The second-order valence-electron chi connectivity index (χ2n) is 4.91. The lowest BCUT2D eigenvalue weighted by Crippen LogP contribution is -2.36. The summed E-state index contributed by atoms with van der Waals surface area (Å²) in [5, 5.41) is 9.54. The Labute approximate surface area is 126 Å². The van der Waals surface area contributed by atoms with E-state index in [9.17, 15) is 9.59 Å². The number of aryl methyl sites for hydroxylation is 1. The van der Waals surface area contributed by atoms with Gasteiger partial charge in [-0.2, -0.15) is 10.1 Å². The summed E-state index contributed by atoms with van der Waals surface area (Å²) in [4.78, 5) is 28.2. The highest BCUT2D eigenvalue weighted by molar-refractivity contribution is 6.00. The van der Waals surface area contributed by atoms with Gasteiger partial charge in [0, 0.05) is 5.69 Å². The van der Waals surface area contributed by atoms with Gasteiger partial charge in [-0.25, -0.2) is 4.68 Å². The van der Waals surface area contributed by atoms with Gasteiger partial charge < -0.3 is 10.1 Å². The van der Waals surface area contributed by atoms with Crippen LogP contribution in [0.5, 0.6) is 5.75 Å². The van der Waals surface area contributed by atoms with Crippen molar-refractivity contribution < 1.29 is 14.3 Å². The van der Waals surface area contributed by atoms with Crippen molar-refractivity contribution in [2.75, 3.05) is 17.7 Å². The lowest BCUT2D eigenvalue weighted by atomic mass is 10.1. The number of ether oxygens (including phenoxy) is 1. The predicted octanol–water partition coefficient (Wildman–Crippen LogP) is 1.12. The van der Waals surface area contributed by atoms with Gasteiger partial charge in [-0.15, -0.1) is 0 Å². The number of rotatable bonds is 3. The van der Waals surface area contributed by atoms with Gasteiger partial charge in [0.15, 0.2) is 0 Å². The smallest absolute Gasteiger partial charge is 0.249 e. The first-order valence-corrected chi connectivity index (χ1v) is 6.75. The van der Waals surface area contributed by atoms with Crippen LogP contribution in [-0.4, -0.2) is 33.7 Å². The van der Waals surface area contributed by atoms with Crippen LogP contribution in [0.25, 0.3) is 0 Å². The molecule has 1 aromatic heterocycles. The first kappa shape index (κ1) is 14.1. The van der Waals surface area contributed by atoms with E-state index in [1.807, 2.05) is 0 Å². The lowest BCUT2D eigenvalue weighted by molar-refractivity contribution is -0.125. The number of anilines is 2. The minimum absolute atomic E-state index is 0.0256. The maximum atomic E-state index is 12.4. The van der Waals surface area contributed by atoms with E-state index < -0.39 is 6.04 Å². The average molecular weight is 301 g/mol. The van der Waals surface area contributed by atoms with Crippen LogP contribution < -0.4 is 15.4 Å². The van der Waals surface area contributed by atoms with Crippen LogP contribution in [0.2, 0.25) is 0 Å². The number of aromatic nitrogens is 3. The molecule has 0 radical (unpaired) electrons. The van der Waals surface area contributed by atoms with Gasteiger partial charge in [-0.1, -0.05) is 0 Å². The summed E-state index contributed by atoms with van der Waals surface area (Å²) in [6.07, 6.45) is 0.0256. The summed E-state index contributed by atoms with van der Waals surface area (Å²) >= 11 is 0. The topological polar surface area (TPSA) is 98.1 Å². The highest BCUT2D eigenvalue weighted by atomic mass is 16.5. The molecule has 1 unspecified atom stereocenters. The summed E-state index contributed by atoms with van der Waals surface area (Å²) in [6, 6.07) is 6.23. The Morgan fingerprint density at radius 3 is 2.82 bits per heavy atom. The maximum absolute atomic E-state index is 12.4. The average Bonchev–Trinajstić information content (AvgIpc) is 2.87. The van der Waals surface area contributed by atoms with E-state index in [1.165, 1.54) is 4.68 Å². The highest BCUT2D eigenvalue weighted by Crippen LogP contribution is 2.24. The van der Waals surface area contributed by atoms with Crippen molar-refractivity contribution in [1.82, 2.24) is 14.8 Å². The second kappa shape index (κ2) is 5.47. The summed E-state index contributed by atoms with van der Waals surface area (Å²) in [7, 11) is 1.57. The van der Waals surface area contributed by atoms with Crippen LogP contribution in [-0.2, 0) is 9.59 Å². The number of methoxy groups -OCH3 is 1. The van der Waals surface area contributed by atoms with E-state index >= 15 is 0 Å². The molecule has 1 aliphatic heterocycles. The normalized spacial score (nSPS) is 16.6. The molecule has 0 spiro atoms. The fourth-order valence-corrected chi connectivity index (χ4v) is 2.27. The Hall–Kier alpha value is -2.90. The zero-order valence-electron chi connectivity index (χ0n) is 12.2. The molecular weight excluding hydrogens is 286 g/mol. The maximum Gasteiger partial charge on any atom is 0.249 e. The number of carbonyl (C=O) groups is 2. The second-order valence-corrected chi connectivity index (χ2v) is 4.91. The number of nitrogens with zero attached hydrogens (tertiary/aromatic N) is 3. The van der Waals surface area contributed by atoms with E-state index in [4.69, 9.17) is 4.74 Å². The Kier molecular flexibility index (Phi) is 3.50. The van der Waals surface area contributed by atoms with Crippen LogP contribution in [0.15, 0.2) is 24.3 Å². The zero-order valence-corrected chi connectivity index (χ0v) is 12.2. The highest BCUT2D eigenvalue weighted by Gasteiger charge is 2.32.